The van der Waals surface area contributed by atoms with Crippen molar-refractivity contribution in [3.8, 4) is 0 Å². The monoisotopic (exact) mass is 313 g/mol. The van der Waals surface area contributed by atoms with Gasteiger partial charge < -0.3 is 15.3 Å². The van der Waals surface area contributed by atoms with E-state index in [1.807, 2.05) is 0 Å². The third kappa shape index (κ3) is 6.05. The lowest BCUT2D eigenvalue weighted by atomic mass is 10.4. The number of hydrogen-bond donors (Lipinski definition) is 2. The Bertz CT molecular complexity index is 414. The number of thioether (sulfide) groups is 1. The second kappa shape index (κ2) is 9.78. The van der Waals surface area contributed by atoms with Crippen molar-refractivity contribution in [2.45, 2.75) is 50.9 Å². The van der Waals surface area contributed by atoms with Crippen molar-refractivity contribution in [1.29, 1.82) is 0 Å². The highest BCUT2D eigenvalue weighted by molar-refractivity contribution is 7.99. The summed E-state index contributed by atoms with van der Waals surface area (Å²) in [6.45, 7) is 11.1. The molecule has 0 aliphatic carbocycles. The van der Waals surface area contributed by atoms with Crippen LogP contribution in [-0.4, -0.2) is 51.5 Å². The van der Waals surface area contributed by atoms with E-state index in [-0.39, 0.29) is 11.9 Å². The Kier molecular flexibility index (Phi) is 8.37. The molecule has 0 aliphatic rings. The van der Waals surface area contributed by atoms with Gasteiger partial charge in [0.2, 0.25) is 11.9 Å². The fourth-order valence-corrected chi connectivity index (χ4v) is 2.64. The molecule has 0 spiro atoms. The van der Waals surface area contributed by atoms with E-state index in [1.54, 1.807) is 11.8 Å². The molecule has 1 aromatic heterocycles. The summed E-state index contributed by atoms with van der Waals surface area (Å²) in [5.74, 6) is 1.35. The Morgan fingerprint density at radius 2 is 1.90 bits per heavy atom. The van der Waals surface area contributed by atoms with E-state index >= 15 is 0 Å². The molecule has 7 heteroatoms. The summed E-state index contributed by atoms with van der Waals surface area (Å²) in [5, 5.41) is 13.2. The zero-order valence-electron chi connectivity index (χ0n) is 13.5. The van der Waals surface area contributed by atoms with E-state index in [1.165, 1.54) is 0 Å². The van der Waals surface area contributed by atoms with Gasteiger partial charge in [0, 0.05) is 31.5 Å². The average Bonchev–Trinajstić information content (AvgIpc) is 2.46. The van der Waals surface area contributed by atoms with Crippen LogP contribution >= 0.6 is 11.8 Å². The second-order valence-corrected chi connectivity index (χ2v) is 6.19. The van der Waals surface area contributed by atoms with Gasteiger partial charge >= 0.3 is 0 Å². The van der Waals surface area contributed by atoms with E-state index in [2.05, 4.69) is 52.9 Å². The summed E-state index contributed by atoms with van der Waals surface area (Å²) in [7, 11) is 0. The van der Waals surface area contributed by atoms with Crippen LogP contribution in [0.15, 0.2) is 5.16 Å². The lowest BCUT2D eigenvalue weighted by molar-refractivity contribution is 0.289. The number of anilines is 2. The van der Waals surface area contributed by atoms with Crippen LogP contribution < -0.4 is 10.2 Å². The molecule has 1 aromatic rings. The van der Waals surface area contributed by atoms with Crippen molar-refractivity contribution in [2.75, 3.05) is 36.5 Å². The summed E-state index contributed by atoms with van der Waals surface area (Å²) in [5.41, 5.74) is 0. The molecule has 0 aliphatic heterocycles. The van der Waals surface area contributed by atoms with Gasteiger partial charge in [-0.2, -0.15) is 15.0 Å². The van der Waals surface area contributed by atoms with Crippen LogP contribution in [0.2, 0.25) is 0 Å². The number of nitrogens with zero attached hydrogens (tertiary/aromatic N) is 4. The Hall–Kier alpha value is -1.08. The zero-order valence-corrected chi connectivity index (χ0v) is 14.3. The highest BCUT2D eigenvalue weighted by Crippen LogP contribution is 2.24. The summed E-state index contributed by atoms with van der Waals surface area (Å²) in [4.78, 5) is 15.6. The maximum atomic E-state index is 9.02. The molecule has 0 bridgehead atoms. The molecule has 1 atom stereocenters. The average molecular weight is 313 g/mol. The number of aliphatic hydroxyl groups excluding tert-OH is 1. The number of hydrogen-bond acceptors (Lipinski definition) is 7. The van der Waals surface area contributed by atoms with E-state index in [9.17, 15) is 0 Å². The van der Waals surface area contributed by atoms with Gasteiger partial charge in [-0.1, -0.05) is 25.6 Å². The predicted molar refractivity (Wildman–Crippen MR) is 89.2 cm³/mol. The van der Waals surface area contributed by atoms with Gasteiger partial charge in [-0.25, -0.2) is 0 Å². The quantitative estimate of drug-likeness (QED) is 0.642. The Morgan fingerprint density at radius 1 is 1.19 bits per heavy atom. The maximum Gasteiger partial charge on any atom is 0.231 e. The first-order valence-corrected chi connectivity index (χ1v) is 8.54. The zero-order chi connectivity index (χ0) is 15.7. The minimum absolute atomic E-state index is 0.184. The number of rotatable bonds is 10. The first-order valence-electron chi connectivity index (χ1n) is 7.66. The fraction of sp³-hybridized carbons (Fsp3) is 0.786. The van der Waals surface area contributed by atoms with Crippen LogP contribution in [0.1, 0.15) is 40.5 Å². The van der Waals surface area contributed by atoms with E-state index in [4.69, 9.17) is 5.11 Å². The van der Waals surface area contributed by atoms with Crippen LogP contribution in [-0.2, 0) is 0 Å². The molecular formula is C14H27N5OS. The lowest BCUT2D eigenvalue weighted by Gasteiger charge is -2.20. The Morgan fingerprint density at radius 3 is 2.48 bits per heavy atom. The lowest BCUT2D eigenvalue weighted by Crippen LogP contribution is -2.25. The Labute approximate surface area is 131 Å². The smallest absolute Gasteiger partial charge is 0.231 e. The molecule has 0 amide bonds. The summed E-state index contributed by atoms with van der Waals surface area (Å²) < 4.78 is 0. The van der Waals surface area contributed by atoms with Crippen molar-refractivity contribution >= 4 is 23.7 Å². The molecule has 21 heavy (non-hydrogen) atoms. The van der Waals surface area contributed by atoms with Crippen LogP contribution in [0.5, 0.6) is 0 Å². The Balaban J connectivity index is 2.96. The van der Waals surface area contributed by atoms with Gasteiger partial charge in [0.15, 0.2) is 5.16 Å². The number of aromatic nitrogens is 3. The van der Waals surface area contributed by atoms with Gasteiger partial charge in [0.1, 0.15) is 0 Å². The summed E-state index contributed by atoms with van der Waals surface area (Å²) in [6, 6.07) is 0. The first kappa shape index (κ1) is 18.0. The van der Waals surface area contributed by atoms with Gasteiger partial charge in [-0.15, -0.1) is 0 Å². The normalized spacial score (nSPS) is 12.2. The van der Waals surface area contributed by atoms with E-state index in [0.717, 1.165) is 32.5 Å². The van der Waals surface area contributed by atoms with Crippen molar-refractivity contribution in [3.63, 3.8) is 0 Å². The molecule has 2 N–H and O–H groups in total. The largest absolute Gasteiger partial charge is 0.396 e. The molecule has 0 saturated heterocycles. The molecule has 120 valence electrons. The van der Waals surface area contributed by atoms with Gasteiger partial charge in [-0.3, -0.25) is 0 Å². The summed E-state index contributed by atoms with van der Waals surface area (Å²) >= 11 is 1.58. The maximum absolute atomic E-state index is 9.02. The van der Waals surface area contributed by atoms with E-state index in [0.29, 0.717) is 17.1 Å². The minimum Gasteiger partial charge on any atom is -0.396 e. The van der Waals surface area contributed by atoms with Crippen LogP contribution in [0, 0.1) is 0 Å². The molecule has 0 saturated carbocycles. The van der Waals surface area contributed by atoms with Crippen molar-refractivity contribution in [3.05, 3.63) is 0 Å². The van der Waals surface area contributed by atoms with Gasteiger partial charge in [-0.05, 0) is 26.7 Å². The minimum atomic E-state index is 0.184. The molecule has 6 nitrogen and oxygen atoms in total. The molecule has 1 rings (SSSR count). The molecule has 1 unspecified atom stereocenters. The summed E-state index contributed by atoms with van der Waals surface area (Å²) in [6.07, 6.45) is 1.75. The highest BCUT2D eigenvalue weighted by Gasteiger charge is 2.13. The van der Waals surface area contributed by atoms with Crippen LogP contribution in [0.25, 0.3) is 0 Å². The van der Waals surface area contributed by atoms with E-state index < -0.39 is 0 Å². The number of nitrogens with one attached hydrogen (secondary N) is 1. The van der Waals surface area contributed by atoms with Gasteiger partial charge in [0.05, 0.1) is 0 Å². The van der Waals surface area contributed by atoms with Gasteiger partial charge in [0.25, 0.3) is 0 Å². The number of aliphatic hydroxyl groups is 1. The predicted octanol–water partition coefficient (Wildman–Crippen LogP) is 2.40. The van der Waals surface area contributed by atoms with Crippen molar-refractivity contribution < 1.29 is 5.11 Å². The van der Waals surface area contributed by atoms with Crippen LogP contribution in [0.3, 0.4) is 0 Å². The van der Waals surface area contributed by atoms with Crippen molar-refractivity contribution in [2.24, 2.45) is 0 Å². The fourth-order valence-electron chi connectivity index (χ4n) is 1.78. The molecular weight excluding hydrogens is 286 g/mol. The SMILES string of the molecule is CCCNc1nc(SC(C)CCO)nc(N(CC)CC)n1. The molecule has 0 fully saturated rings. The molecule has 0 aromatic carbocycles. The third-order valence-electron chi connectivity index (χ3n) is 3.02. The second-order valence-electron chi connectivity index (χ2n) is 4.78. The highest BCUT2D eigenvalue weighted by atomic mass is 32.2. The standard InChI is InChI=1S/C14H27N5OS/c1-5-9-15-12-16-13(19(6-2)7-3)18-14(17-12)21-11(4)8-10-20/h11,20H,5-10H2,1-4H3,(H,15,16,17,18). The van der Waals surface area contributed by atoms with Crippen LogP contribution in [0.4, 0.5) is 11.9 Å². The molecule has 0 radical (unpaired) electrons. The molecule has 1 heterocycles. The van der Waals surface area contributed by atoms with Crippen molar-refractivity contribution in [1.82, 2.24) is 15.0 Å². The third-order valence-corrected chi connectivity index (χ3v) is 4.06. The first-order chi connectivity index (χ1) is 10.1. The topological polar surface area (TPSA) is 74.2 Å².